The smallest absolute Gasteiger partial charge is 0.242 e. The number of benzene rings is 2. The molecular formula is C26H26ClF2N3O4S. The number of hydrogen-bond acceptors (Lipinski definition) is 5. The molecule has 0 radical (unpaired) electrons. The Kier molecular flexibility index (Phi) is 7.85. The molecule has 1 aliphatic heterocycles. The Labute approximate surface area is 219 Å². The summed E-state index contributed by atoms with van der Waals surface area (Å²) >= 11 is 6.00. The van der Waals surface area contributed by atoms with Gasteiger partial charge in [0.05, 0.1) is 16.7 Å². The molecule has 1 N–H and O–H groups in total. The van der Waals surface area contributed by atoms with Crippen molar-refractivity contribution in [3.63, 3.8) is 0 Å². The Morgan fingerprint density at radius 3 is 2.46 bits per heavy atom. The number of nitrogens with zero attached hydrogens (tertiary/aromatic N) is 2. The van der Waals surface area contributed by atoms with Gasteiger partial charge in [-0.2, -0.15) is 5.26 Å². The highest BCUT2D eigenvalue weighted by Gasteiger charge is 2.57. The Morgan fingerprint density at radius 2 is 1.84 bits per heavy atom. The zero-order valence-electron chi connectivity index (χ0n) is 19.9. The largest absolute Gasteiger partial charge is 0.354 e. The van der Waals surface area contributed by atoms with Crippen molar-refractivity contribution in [3.05, 3.63) is 64.7 Å². The fraction of sp³-hybridized carbons (Fsp3) is 0.423. The van der Waals surface area contributed by atoms with E-state index in [1.165, 1.54) is 4.90 Å². The van der Waals surface area contributed by atoms with Crippen LogP contribution in [-0.4, -0.2) is 49.5 Å². The van der Waals surface area contributed by atoms with E-state index in [1.807, 2.05) is 6.07 Å². The molecule has 1 heterocycles. The number of unbranched alkanes of at least 4 members (excludes halogenated alkanes) is 2. The van der Waals surface area contributed by atoms with Crippen LogP contribution in [0, 0.1) is 23.0 Å². The van der Waals surface area contributed by atoms with E-state index < -0.39 is 49.0 Å². The number of amides is 2. The minimum Gasteiger partial charge on any atom is -0.354 e. The summed E-state index contributed by atoms with van der Waals surface area (Å²) in [6, 6.07) is 10.0. The Morgan fingerprint density at radius 1 is 1.14 bits per heavy atom. The monoisotopic (exact) mass is 549 g/mol. The summed E-state index contributed by atoms with van der Waals surface area (Å²) in [6.07, 6.45) is 2.34. The van der Waals surface area contributed by atoms with Gasteiger partial charge < -0.3 is 10.2 Å². The van der Waals surface area contributed by atoms with Crippen LogP contribution in [0.2, 0.25) is 5.02 Å². The lowest BCUT2D eigenvalue weighted by Crippen LogP contribution is -2.49. The number of nitrogens with one attached hydrogen (secondary N) is 1. The van der Waals surface area contributed by atoms with E-state index in [2.05, 4.69) is 5.32 Å². The number of carbonyl (C=O) groups is 2. The molecule has 2 aliphatic rings. The van der Waals surface area contributed by atoms with Crippen molar-refractivity contribution >= 4 is 33.3 Å². The van der Waals surface area contributed by atoms with Gasteiger partial charge in [0.25, 0.3) is 0 Å². The van der Waals surface area contributed by atoms with Crippen LogP contribution < -0.4 is 5.32 Å². The second-order valence-corrected chi connectivity index (χ2v) is 12.1. The zero-order chi connectivity index (χ0) is 26.8. The molecule has 1 aliphatic carbocycles. The fourth-order valence-corrected chi connectivity index (χ4v) is 6.70. The highest BCUT2D eigenvalue weighted by molar-refractivity contribution is 7.92. The third kappa shape index (κ3) is 5.48. The minimum absolute atomic E-state index is 0.217. The fourth-order valence-electron chi connectivity index (χ4n) is 4.83. The first-order chi connectivity index (χ1) is 17.6. The lowest BCUT2D eigenvalue weighted by molar-refractivity contribution is -0.140. The molecule has 196 valence electrons. The average Bonchev–Trinajstić information content (AvgIpc) is 3.54. The first-order valence-electron chi connectivity index (χ1n) is 12.0. The molecule has 11 heteroatoms. The summed E-state index contributed by atoms with van der Waals surface area (Å²) in [7, 11) is -4.32. The summed E-state index contributed by atoms with van der Waals surface area (Å²) in [5.41, 5.74) is -0.149. The maximum Gasteiger partial charge on any atom is 0.242 e. The van der Waals surface area contributed by atoms with Crippen LogP contribution in [-0.2, 0) is 24.8 Å². The first-order valence-corrected chi connectivity index (χ1v) is 13.9. The summed E-state index contributed by atoms with van der Waals surface area (Å²) in [5.74, 6) is -3.00. The average molecular weight is 550 g/mol. The van der Waals surface area contributed by atoms with Gasteiger partial charge in [0.15, 0.2) is 9.84 Å². The maximum atomic E-state index is 14.4. The van der Waals surface area contributed by atoms with Crippen molar-refractivity contribution in [2.45, 2.75) is 60.1 Å². The highest BCUT2D eigenvalue weighted by Crippen LogP contribution is 2.51. The van der Waals surface area contributed by atoms with Gasteiger partial charge in [-0.15, -0.1) is 0 Å². The van der Waals surface area contributed by atoms with E-state index in [1.54, 1.807) is 24.3 Å². The van der Waals surface area contributed by atoms with Crippen molar-refractivity contribution in [2.24, 2.45) is 0 Å². The second kappa shape index (κ2) is 10.8. The molecule has 2 aromatic rings. The highest BCUT2D eigenvalue weighted by atomic mass is 35.5. The maximum absolute atomic E-state index is 14.4. The van der Waals surface area contributed by atoms with Gasteiger partial charge in [-0.05, 0) is 61.9 Å². The SMILES string of the molecule is N#CCCCCNC(=O)[C@@H]1C[C@@H](S(=O)(=O)c2ccc(F)cc2F)CN1C(=O)C1(c2ccc(Cl)cc2)CC1. The molecular weight excluding hydrogens is 524 g/mol. The number of sulfone groups is 1. The number of hydrogen-bond donors (Lipinski definition) is 1. The molecule has 1 saturated carbocycles. The van der Waals surface area contributed by atoms with Gasteiger partial charge in [0.2, 0.25) is 11.8 Å². The predicted molar refractivity (Wildman–Crippen MR) is 132 cm³/mol. The van der Waals surface area contributed by atoms with Crippen molar-refractivity contribution in [1.82, 2.24) is 10.2 Å². The van der Waals surface area contributed by atoms with Crippen LogP contribution in [0.5, 0.6) is 0 Å². The molecule has 0 spiro atoms. The van der Waals surface area contributed by atoms with E-state index >= 15 is 0 Å². The van der Waals surface area contributed by atoms with Gasteiger partial charge in [0.1, 0.15) is 22.6 Å². The molecule has 0 unspecified atom stereocenters. The summed E-state index contributed by atoms with van der Waals surface area (Å²) in [5, 5.41) is 10.7. The van der Waals surface area contributed by atoms with Crippen LogP contribution in [0.15, 0.2) is 47.4 Å². The summed E-state index contributed by atoms with van der Waals surface area (Å²) < 4.78 is 54.5. The van der Waals surface area contributed by atoms with Gasteiger partial charge in [-0.25, -0.2) is 17.2 Å². The molecule has 1 saturated heterocycles. The van der Waals surface area contributed by atoms with Crippen molar-refractivity contribution in [1.29, 1.82) is 5.26 Å². The van der Waals surface area contributed by atoms with Crippen LogP contribution in [0.4, 0.5) is 8.78 Å². The normalized spacial score (nSPS) is 20.3. The molecule has 0 aromatic heterocycles. The molecule has 2 amide bonds. The standard InChI is InChI=1S/C26H26ClF2N3O4S/c27-18-6-4-17(5-7-18)26(10-11-26)25(34)32-16-20(15-22(32)24(33)31-13-3-1-2-12-30)37(35,36)23-9-8-19(28)14-21(23)29/h4-9,14,20,22H,1-3,10-11,13,15-16H2,(H,31,33)/t20-,22+/m1/s1. The van der Waals surface area contributed by atoms with E-state index in [4.69, 9.17) is 16.9 Å². The third-order valence-electron chi connectivity index (χ3n) is 7.04. The topological polar surface area (TPSA) is 107 Å². The van der Waals surface area contributed by atoms with Crippen LogP contribution >= 0.6 is 11.6 Å². The van der Waals surface area contributed by atoms with Crippen molar-refractivity contribution < 1.29 is 26.8 Å². The second-order valence-electron chi connectivity index (χ2n) is 9.45. The number of nitriles is 1. The van der Waals surface area contributed by atoms with Crippen molar-refractivity contribution in [3.8, 4) is 6.07 Å². The van der Waals surface area contributed by atoms with Gasteiger partial charge >= 0.3 is 0 Å². The molecule has 2 aromatic carbocycles. The molecule has 0 bridgehead atoms. The first kappa shape index (κ1) is 27.0. The van der Waals surface area contributed by atoms with Gasteiger partial charge in [0, 0.05) is 30.6 Å². The Balaban J connectivity index is 1.61. The van der Waals surface area contributed by atoms with Crippen LogP contribution in [0.1, 0.15) is 44.1 Å². The van der Waals surface area contributed by atoms with E-state index in [-0.39, 0.29) is 25.4 Å². The zero-order valence-corrected chi connectivity index (χ0v) is 21.5. The lowest BCUT2D eigenvalue weighted by atomic mass is 9.94. The Bertz CT molecular complexity index is 1340. The van der Waals surface area contributed by atoms with E-state index in [0.717, 1.165) is 17.7 Å². The lowest BCUT2D eigenvalue weighted by Gasteiger charge is -2.28. The van der Waals surface area contributed by atoms with Crippen LogP contribution in [0.25, 0.3) is 0 Å². The summed E-state index contributed by atoms with van der Waals surface area (Å²) in [6.45, 7) is -0.0226. The number of likely N-dealkylation sites (tertiary alicyclic amines) is 1. The number of halogens is 3. The van der Waals surface area contributed by atoms with Crippen LogP contribution in [0.3, 0.4) is 0 Å². The van der Waals surface area contributed by atoms with E-state index in [0.29, 0.717) is 43.2 Å². The molecule has 37 heavy (non-hydrogen) atoms. The molecule has 7 nitrogen and oxygen atoms in total. The molecule has 2 fully saturated rings. The van der Waals surface area contributed by atoms with E-state index in [9.17, 15) is 26.8 Å². The van der Waals surface area contributed by atoms with Crippen molar-refractivity contribution in [2.75, 3.05) is 13.1 Å². The van der Waals surface area contributed by atoms with Gasteiger partial charge in [-0.3, -0.25) is 9.59 Å². The summed E-state index contributed by atoms with van der Waals surface area (Å²) in [4.78, 5) is 27.6. The number of carbonyl (C=O) groups excluding carboxylic acids is 2. The number of rotatable bonds is 9. The van der Waals surface area contributed by atoms with Gasteiger partial charge in [-0.1, -0.05) is 23.7 Å². The molecule has 4 rings (SSSR count). The third-order valence-corrected chi connectivity index (χ3v) is 9.45. The Hall–Kier alpha value is -3.03. The molecule has 2 atom stereocenters. The predicted octanol–water partition coefficient (Wildman–Crippen LogP) is 3.90. The minimum atomic E-state index is -4.32. The quantitative estimate of drug-likeness (QED) is 0.377.